The highest BCUT2D eigenvalue weighted by atomic mass is 32.2. The van der Waals surface area contributed by atoms with Crippen LogP contribution in [-0.4, -0.2) is 28.3 Å². The van der Waals surface area contributed by atoms with Gasteiger partial charge >= 0.3 is 0 Å². The Hall–Kier alpha value is -2.34. The summed E-state index contributed by atoms with van der Waals surface area (Å²) >= 11 is 1.27. The number of nitrogens with zero attached hydrogens (tertiary/aromatic N) is 1. The summed E-state index contributed by atoms with van der Waals surface area (Å²) < 4.78 is 0. The minimum absolute atomic E-state index is 0.120. The molecule has 0 bridgehead atoms. The zero-order valence-electron chi connectivity index (χ0n) is 12.2. The van der Waals surface area contributed by atoms with E-state index in [1.165, 1.54) is 11.8 Å². The Morgan fingerprint density at radius 1 is 0.909 bits per heavy atom. The number of aromatic nitrogens is 1. The van der Waals surface area contributed by atoms with Crippen LogP contribution in [0, 0.1) is 6.92 Å². The quantitative estimate of drug-likeness (QED) is 0.860. The normalized spacial score (nSPS) is 10.0. The summed E-state index contributed by atoms with van der Waals surface area (Å²) in [7, 11) is 0. The minimum atomic E-state index is -0.140. The van der Waals surface area contributed by atoms with Crippen molar-refractivity contribution in [3.05, 3.63) is 54.4 Å². The number of pyridine rings is 1. The first-order valence-corrected chi connectivity index (χ1v) is 7.93. The van der Waals surface area contributed by atoms with Crippen molar-refractivity contribution < 1.29 is 9.59 Å². The predicted octanol–water partition coefficient (Wildman–Crippen LogP) is 2.70. The van der Waals surface area contributed by atoms with Crippen molar-refractivity contribution in [3.63, 3.8) is 0 Å². The summed E-state index contributed by atoms with van der Waals surface area (Å²) in [5.41, 5.74) is 2.60. The van der Waals surface area contributed by atoms with Gasteiger partial charge in [0.15, 0.2) is 0 Å². The smallest absolute Gasteiger partial charge is 0.234 e. The van der Waals surface area contributed by atoms with Crippen molar-refractivity contribution in [2.75, 3.05) is 22.1 Å². The summed E-state index contributed by atoms with van der Waals surface area (Å²) in [5, 5.41) is 5.53. The van der Waals surface area contributed by atoms with E-state index in [-0.39, 0.29) is 23.3 Å². The van der Waals surface area contributed by atoms with Gasteiger partial charge in [0.05, 0.1) is 11.5 Å². The van der Waals surface area contributed by atoms with Crippen LogP contribution in [-0.2, 0) is 9.59 Å². The molecule has 1 aromatic heterocycles. The molecule has 2 N–H and O–H groups in total. The number of rotatable bonds is 6. The van der Waals surface area contributed by atoms with E-state index >= 15 is 0 Å². The molecule has 0 aliphatic rings. The van der Waals surface area contributed by atoms with E-state index in [0.29, 0.717) is 5.69 Å². The summed E-state index contributed by atoms with van der Waals surface area (Å²) in [4.78, 5) is 27.3. The summed E-state index contributed by atoms with van der Waals surface area (Å²) in [6.07, 6.45) is 3.22. The Morgan fingerprint density at radius 2 is 1.41 bits per heavy atom. The molecular weight excluding hydrogens is 298 g/mol. The lowest BCUT2D eigenvalue weighted by atomic mass is 10.2. The summed E-state index contributed by atoms with van der Waals surface area (Å²) in [6.45, 7) is 1.99. The van der Waals surface area contributed by atoms with E-state index in [0.717, 1.165) is 11.3 Å². The Labute approximate surface area is 133 Å². The Morgan fingerprint density at radius 3 is 1.95 bits per heavy atom. The van der Waals surface area contributed by atoms with Gasteiger partial charge in [-0.25, -0.2) is 0 Å². The van der Waals surface area contributed by atoms with Gasteiger partial charge in [-0.05, 0) is 31.2 Å². The fraction of sp³-hybridized carbons (Fsp3) is 0.188. The van der Waals surface area contributed by atoms with Crippen LogP contribution in [0.4, 0.5) is 11.4 Å². The zero-order chi connectivity index (χ0) is 15.8. The molecule has 0 aliphatic carbocycles. The largest absolute Gasteiger partial charge is 0.325 e. The second-order valence-electron chi connectivity index (χ2n) is 4.69. The van der Waals surface area contributed by atoms with Crippen molar-refractivity contribution in [2.24, 2.45) is 0 Å². The highest BCUT2D eigenvalue weighted by Crippen LogP contribution is 2.10. The van der Waals surface area contributed by atoms with E-state index in [2.05, 4.69) is 15.6 Å². The van der Waals surface area contributed by atoms with Gasteiger partial charge in [-0.1, -0.05) is 17.7 Å². The number of carbonyl (C=O) groups is 2. The van der Waals surface area contributed by atoms with Gasteiger partial charge < -0.3 is 10.6 Å². The molecule has 0 spiro atoms. The van der Waals surface area contributed by atoms with Crippen molar-refractivity contribution in [3.8, 4) is 0 Å². The highest BCUT2D eigenvalue weighted by molar-refractivity contribution is 8.00. The Kier molecular flexibility index (Phi) is 5.97. The molecule has 0 saturated heterocycles. The molecule has 1 heterocycles. The number of benzene rings is 1. The molecule has 0 saturated carbocycles. The molecule has 114 valence electrons. The van der Waals surface area contributed by atoms with E-state index in [1.54, 1.807) is 24.5 Å². The molecule has 2 aromatic rings. The van der Waals surface area contributed by atoms with Crippen molar-refractivity contribution in [2.45, 2.75) is 6.92 Å². The SMILES string of the molecule is Cc1ccc(NC(=O)CSCC(=O)Nc2ccncc2)cc1. The van der Waals surface area contributed by atoms with E-state index in [1.807, 2.05) is 31.2 Å². The first-order valence-electron chi connectivity index (χ1n) is 6.77. The molecule has 2 rings (SSSR count). The van der Waals surface area contributed by atoms with Crippen molar-refractivity contribution >= 4 is 35.0 Å². The third-order valence-electron chi connectivity index (χ3n) is 2.77. The molecule has 6 heteroatoms. The van der Waals surface area contributed by atoms with Crippen LogP contribution in [0.5, 0.6) is 0 Å². The van der Waals surface area contributed by atoms with Crippen molar-refractivity contribution in [1.29, 1.82) is 0 Å². The van der Waals surface area contributed by atoms with Crippen LogP contribution in [0.25, 0.3) is 0 Å². The first kappa shape index (κ1) is 16.0. The fourth-order valence-electron chi connectivity index (χ4n) is 1.70. The van der Waals surface area contributed by atoms with Crippen LogP contribution in [0.15, 0.2) is 48.8 Å². The minimum Gasteiger partial charge on any atom is -0.325 e. The highest BCUT2D eigenvalue weighted by Gasteiger charge is 2.06. The van der Waals surface area contributed by atoms with Gasteiger partial charge in [-0.2, -0.15) is 0 Å². The predicted molar refractivity (Wildman–Crippen MR) is 90.0 cm³/mol. The zero-order valence-corrected chi connectivity index (χ0v) is 13.0. The molecule has 0 atom stereocenters. The second-order valence-corrected chi connectivity index (χ2v) is 5.68. The maximum absolute atomic E-state index is 11.8. The summed E-state index contributed by atoms with van der Waals surface area (Å²) in [5.74, 6) is 0.200. The average Bonchev–Trinajstić information content (AvgIpc) is 2.50. The van der Waals surface area contributed by atoms with Crippen LogP contribution >= 0.6 is 11.8 Å². The van der Waals surface area contributed by atoms with Crippen LogP contribution in [0.2, 0.25) is 0 Å². The molecule has 1 aromatic carbocycles. The lowest BCUT2D eigenvalue weighted by Crippen LogP contribution is -2.18. The van der Waals surface area contributed by atoms with E-state index < -0.39 is 0 Å². The number of aryl methyl sites for hydroxylation is 1. The number of thioether (sulfide) groups is 1. The van der Waals surface area contributed by atoms with E-state index in [4.69, 9.17) is 0 Å². The number of hydrogen-bond acceptors (Lipinski definition) is 4. The third-order valence-corrected chi connectivity index (χ3v) is 3.70. The fourth-order valence-corrected chi connectivity index (χ4v) is 2.32. The molecule has 0 radical (unpaired) electrons. The van der Waals surface area contributed by atoms with Gasteiger partial charge in [-0.3, -0.25) is 14.6 Å². The van der Waals surface area contributed by atoms with Gasteiger partial charge in [0.25, 0.3) is 0 Å². The standard InChI is InChI=1S/C16H17N3O2S/c1-12-2-4-13(5-3-12)18-15(20)10-22-11-16(21)19-14-6-8-17-9-7-14/h2-9H,10-11H2,1H3,(H,18,20)(H,17,19,21). The maximum atomic E-state index is 11.8. The maximum Gasteiger partial charge on any atom is 0.234 e. The lowest BCUT2D eigenvalue weighted by molar-refractivity contribution is -0.114. The molecule has 22 heavy (non-hydrogen) atoms. The van der Waals surface area contributed by atoms with Gasteiger partial charge in [0.1, 0.15) is 0 Å². The molecule has 5 nitrogen and oxygen atoms in total. The average molecular weight is 315 g/mol. The van der Waals surface area contributed by atoms with Crippen LogP contribution < -0.4 is 10.6 Å². The van der Waals surface area contributed by atoms with Gasteiger partial charge in [0.2, 0.25) is 11.8 Å². The molecule has 0 unspecified atom stereocenters. The first-order chi connectivity index (χ1) is 10.6. The van der Waals surface area contributed by atoms with E-state index in [9.17, 15) is 9.59 Å². The lowest BCUT2D eigenvalue weighted by Gasteiger charge is -2.06. The van der Waals surface area contributed by atoms with Crippen LogP contribution in [0.3, 0.4) is 0 Å². The van der Waals surface area contributed by atoms with Crippen molar-refractivity contribution in [1.82, 2.24) is 4.98 Å². The Bertz CT molecular complexity index is 630. The number of nitrogens with one attached hydrogen (secondary N) is 2. The molecule has 2 amide bonds. The number of amides is 2. The topological polar surface area (TPSA) is 71.1 Å². The summed E-state index contributed by atoms with van der Waals surface area (Å²) in [6, 6.07) is 11.0. The third kappa shape index (κ3) is 5.57. The Balaban J connectivity index is 1.68. The number of anilines is 2. The monoisotopic (exact) mass is 315 g/mol. The second kappa shape index (κ2) is 8.19. The van der Waals surface area contributed by atoms with Gasteiger partial charge in [-0.15, -0.1) is 11.8 Å². The van der Waals surface area contributed by atoms with Crippen LogP contribution in [0.1, 0.15) is 5.56 Å². The molecule has 0 aliphatic heterocycles. The van der Waals surface area contributed by atoms with Gasteiger partial charge in [0, 0.05) is 23.8 Å². The molecule has 0 fully saturated rings. The number of hydrogen-bond donors (Lipinski definition) is 2. The molecular formula is C16H17N3O2S. The number of carbonyl (C=O) groups excluding carboxylic acids is 2.